The number of aromatic nitrogens is 3. The molecule has 142 valence electrons. The number of hydrogen-bond acceptors (Lipinski definition) is 6. The van der Waals surface area contributed by atoms with E-state index in [1.807, 2.05) is 25.1 Å². The van der Waals surface area contributed by atoms with Gasteiger partial charge in [-0.2, -0.15) is 9.61 Å². The summed E-state index contributed by atoms with van der Waals surface area (Å²) in [4.78, 5) is 22.4. The number of aryl methyl sites for hydroxylation is 1. The lowest BCUT2D eigenvalue weighted by Gasteiger charge is -2.34. The van der Waals surface area contributed by atoms with Gasteiger partial charge in [-0.15, -0.1) is 0 Å². The molecule has 1 aliphatic heterocycles. The predicted octanol–water partition coefficient (Wildman–Crippen LogP) is 2.68. The van der Waals surface area contributed by atoms with E-state index in [4.69, 9.17) is 11.6 Å². The van der Waals surface area contributed by atoms with Crippen LogP contribution in [0.5, 0.6) is 0 Å². The van der Waals surface area contributed by atoms with Crippen LogP contribution in [0, 0.1) is 0 Å². The molecule has 0 N–H and O–H groups in total. The highest BCUT2D eigenvalue weighted by molar-refractivity contribution is 7.16. The van der Waals surface area contributed by atoms with Crippen molar-refractivity contribution in [3.8, 4) is 0 Å². The average Bonchev–Trinajstić information content (AvgIpc) is 3.07. The maximum Gasteiger partial charge on any atom is 0.275 e. The summed E-state index contributed by atoms with van der Waals surface area (Å²) in [7, 11) is 0. The van der Waals surface area contributed by atoms with Crippen molar-refractivity contribution in [2.75, 3.05) is 26.2 Å². The Morgan fingerprint density at radius 3 is 2.56 bits per heavy atom. The van der Waals surface area contributed by atoms with Crippen LogP contribution in [-0.4, -0.2) is 50.6 Å². The van der Waals surface area contributed by atoms with E-state index >= 15 is 0 Å². The highest BCUT2D eigenvalue weighted by atomic mass is 35.5. The van der Waals surface area contributed by atoms with Crippen molar-refractivity contribution in [3.05, 3.63) is 62.0 Å². The molecule has 0 saturated carbocycles. The Bertz CT molecular complexity index is 993. The molecule has 3 aromatic rings. The molecule has 1 fully saturated rings. The second kappa shape index (κ2) is 8.06. The highest BCUT2D eigenvalue weighted by Gasteiger charge is 2.18. The Labute approximate surface area is 167 Å². The van der Waals surface area contributed by atoms with Gasteiger partial charge in [0, 0.05) is 50.4 Å². The molecule has 1 aromatic carbocycles. The van der Waals surface area contributed by atoms with Gasteiger partial charge < -0.3 is 0 Å². The number of halogens is 1. The molecular weight excluding hydrogens is 382 g/mol. The van der Waals surface area contributed by atoms with E-state index in [1.165, 1.54) is 21.4 Å². The zero-order valence-corrected chi connectivity index (χ0v) is 16.8. The molecule has 0 atom stereocenters. The third-order valence-corrected chi connectivity index (χ3v) is 6.08. The van der Waals surface area contributed by atoms with Crippen LogP contribution in [-0.2, 0) is 19.5 Å². The number of rotatable bonds is 5. The Morgan fingerprint density at radius 1 is 1.11 bits per heavy atom. The maximum absolute atomic E-state index is 12.3. The molecule has 0 spiro atoms. The Morgan fingerprint density at radius 2 is 1.85 bits per heavy atom. The fourth-order valence-corrected chi connectivity index (χ4v) is 4.42. The number of piperazine rings is 1. The fourth-order valence-electron chi connectivity index (χ4n) is 3.35. The van der Waals surface area contributed by atoms with Gasteiger partial charge in [0.15, 0.2) is 0 Å². The van der Waals surface area contributed by atoms with Crippen molar-refractivity contribution >= 4 is 27.9 Å². The van der Waals surface area contributed by atoms with E-state index in [-0.39, 0.29) is 5.56 Å². The quantitative estimate of drug-likeness (QED) is 0.655. The zero-order chi connectivity index (χ0) is 18.8. The first-order valence-electron chi connectivity index (χ1n) is 9.18. The maximum atomic E-state index is 12.3. The molecule has 8 heteroatoms. The van der Waals surface area contributed by atoms with Gasteiger partial charge in [0.25, 0.3) is 5.56 Å². The lowest BCUT2D eigenvalue weighted by molar-refractivity contribution is 0.121. The summed E-state index contributed by atoms with van der Waals surface area (Å²) < 4.78 is 1.41. The zero-order valence-electron chi connectivity index (χ0n) is 15.3. The molecule has 4 rings (SSSR count). The Balaban J connectivity index is 1.37. The average molecular weight is 404 g/mol. The van der Waals surface area contributed by atoms with Crippen LogP contribution in [0.15, 0.2) is 35.1 Å². The van der Waals surface area contributed by atoms with E-state index < -0.39 is 0 Å². The van der Waals surface area contributed by atoms with Gasteiger partial charge in [0.2, 0.25) is 4.96 Å². The van der Waals surface area contributed by atoms with Crippen LogP contribution >= 0.6 is 22.9 Å². The van der Waals surface area contributed by atoms with E-state index in [9.17, 15) is 4.79 Å². The highest BCUT2D eigenvalue weighted by Crippen LogP contribution is 2.16. The van der Waals surface area contributed by atoms with Gasteiger partial charge in [0.1, 0.15) is 5.01 Å². The van der Waals surface area contributed by atoms with E-state index in [0.29, 0.717) is 11.5 Å². The summed E-state index contributed by atoms with van der Waals surface area (Å²) in [5.41, 5.74) is 1.98. The topological polar surface area (TPSA) is 53.7 Å². The summed E-state index contributed by atoms with van der Waals surface area (Å²) in [5.74, 6) is 0. The largest absolute Gasteiger partial charge is 0.297 e. The van der Waals surface area contributed by atoms with Crippen molar-refractivity contribution in [2.24, 2.45) is 0 Å². The minimum atomic E-state index is -0.0921. The number of benzene rings is 1. The minimum Gasteiger partial charge on any atom is -0.297 e. The molecule has 0 aliphatic carbocycles. The molecule has 6 nitrogen and oxygen atoms in total. The van der Waals surface area contributed by atoms with E-state index in [0.717, 1.165) is 54.9 Å². The van der Waals surface area contributed by atoms with Crippen molar-refractivity contribution in [3.63, 3.8) is 0 Å². The molecule has 1 aliphatic rings. The normalized spacial score (nSPS) is 16.2. The molecule has 27 heavy (non-hydrogen) atoms. The first-order valence-corrected chi connectivity index (χ1v) is 10.4. The standard InChI is InChI=1S/C19H22ClN5OS/c1-2-17-22-25-18(26)11-16(21-19(25)27-17)13-24-8-6-23(7-9-24)12-14-4-3-5-15(20)10-14/h3-5,10-11H,2,6-9,12-13H2,1H3. The van der Waals surface area contributed by atoms with Gasteiger partial charge in [-0.1, -0.05) is 42.0 Å². The summed E-state index contributed by atoms with van der Waals surface area (Å²) in [6.07, 6.45) is 0.817. The third-order valence-electron chi connectivity index (χ3n) is 4.79. The second-order valence-electron chi connectivity index (χ2n) is 6.81. The number of fused-ring (bicyclic) bond motifs is 1. The van der Waals surface area contributed by atoms with E-state index in [2.05, 4.69) is 25.9 Å². The third kappa shape index (κ3) is 4.38. The van der Waals surface area contributed by atoms with Crippen LogP contribution in [0.3, 0.4) is 0 Å². The van der Waals surface area contributed by atoms with Gasteiger partial charge in [-0.3, -0.25) is 14.6 Å². The number of hydrogen-bond donors (Lipinski definition) is 0. The fraction of sp³-hybridized carbons (Fsp3) is 0.421. The van der Waals surface area contributed by atoms with Gasteiger partial charge in [-0.25, -0.2) is 4.98 Å². The lowest BCUT2D eigenvalue weighted by atomic mass is 10.2. The summed E-state index contributed by atoms with van der Waals surface area (Å²) in [6, 6.07) is 9.66. The predicted molar refractivity (Wildman–Crippen MR) is 109 cm³/mol. The molecule has 0 amide bonds. The molecule has 2 aromatic heterocycles. The Kier molecular flexibility index (Phi) is 5.54. The monoisotopic (exact) mass is 403 g/mol. The second-order valence-corrected chi connectivity index (χ2v) is 8.29. The lowest BCUT2D eigenvalue weighted by Crippen LogP contribution is -2.45. The Hall–Kier alpha value is -1.80. The molecular formula is C19H22ClN5OS. The van der Waals surface area contributed by atoms with Crippen LogP contribution in [0.1, 0.15) is 23.2 Å². The SMILES string of the molecule is CCc1nn2c(=O)cc(CN3CCN(Cc4cccc(Cl)c4)CC3)nc2s1. The first kappa shape index (κ1) is 18.6. The first-order chi connectivity index (χ1) is 13.1. The molecule has 0 radical (unpaired) electrons. The van der Waals surface area contributed by atoms with Gasteiger partial charge >= 0.3 is 0 Å². The van der Waals surface area contributed by atoms with E-state index in [1.54, 1.807) is 6.07 Å². The summed E-state index contributed by atoms with van der Waals surface area (Å²) in [5, 5.41) is 6.03. The summed E-state index contributed by atoms with van der Waals surface area (Å²) >= 11 is 7.57. The van der Waals surface area contributed by atoms with Gasteiger partial charge in [-0.05, 0) is 24.1 Å². The van der Waals surface area contributed by atoms with Crippen LogP contribution < -0.4 is 5.56 Å². The van der Waals surface area contributed by atoms with Crippen molar-refractivity contribution < 1.29 is 0 Å². The van der Waals surface area contributed by atoms with Crippen LogP contribution in [0.4, 0.5) is 0 Å². The molecule has 1 saturated heterocycles. The molecule has 0 bridgehead atoms. The minimum absolute atomic E-state index is 0.0921. The van der Waals surface area contributed by atoms with Crippen LogP contribution in [0.2, 0.25) is 5.02 Å². The van der Waals surface area contributed by atoms with Crippen molar-refractivity contribution in [2.45, 2.75) is 26.4 Å². The van der Waals surface area contributed by atoms with Gasteiger partial charge in [0.05, 0.1) is 5.69 Å². The summed E-state index contributed by atoms with van der Waals surface area (Å²) in [6.45, 7) is 7.57. The van der Waals surface area contributed by atoms with Crippen molar-refractivity contribution in [1.29, 1.82) is 0 Å². The number of nitrogens with zero attached hydrogens (tertiary/aromatic N) is 5. The van der Waals surface area contributed by atoms with Crippen molar-refractivity contribution in [1.82, 2.24) is 24.4 Å². The van der Waals surface area contributed by atoms with Crippen LogP contribution in [0.25, 0.3) is 4.96 Å². The molecule has 3 heterocycles. The molecule has 0 unspecified atom stereocenters. The smallest absolute Gasteiger partial charge is 0.275 e.